The first-order chi connectivity index (χ1) is 14.2. The van der Waals surface area contributed by atoms with Gasteiger partial charge in [0.1, 0.15) is 11.1 Å². The number of halogens is 3. The highest BCUT2D eigenvalue weighted by Crippen LogP contribution is 2.33. The van der Waals surface area contributed by atoms with Crippen LogP contribution in [0.15, 0.2) is 35.5 Å². The number of aromatic nitrogens is 4. The molecule has 0 fully saturated rings. The minimum Gasteiger partial charge on any atom is -0.406 e. The van der Waals surface area contributed by atoms with Crippen LogP contribution < -0.4 is 15.2 Å². The molecule has 0 unspecified atom stereocenters. The Morgan fingerprint density at radius 1 is 1.30 bits per heavy atom. The van der Waals surface area contributed by atoms with Crippen molar-refractivity contribution in [2.75, 3.05) is 11.4 Å². The van der Waals surface area contributed by atoms with Crippen LogP contribution >= 0.6 is 0 Å². The Labute approximate surface area is 168 Å². The second-order valence-electron chi connectivity index (χ2n) is 6.99. The maximum atomic E-state index is 12.8. The zero-order valence-corrected chi connectivity index (χ0v) is 16.0. The molecule has 30 heavy (non-hydrogen) atoms. The number of rotatable bonds is 4. The van der Waals surface area contributed by atoms with Crippen molar-refractivity contribution in [3.63, 3.8) is 0 Å². The summed E-state index contributed by atoms with van der Waals surface area (Å²) in [5.74, 6) is -0.531. The number of amides is 1. The molecular formula is C19H18F3N5O3. The third-order valence-corrected chi connectivity index (χ3v) is 4.99. The highest BCUT2D eigenvalue weighted by Gasteiger charge is 2.32. The second kappa shape index (κ2) is 7.47. The third kappa shape index (κ3) is 3.87. The summed E-state index contributed by atoms with van der Waals surface area (Å²) in [6.07, 6.45) is -0.732. The molecule has 0 atom stereocenters. The molecule has 1 aromatic carbocycles. The molecular weight excluding hydrogens is 403 g/mol. The quantitative estimate of drug-likeness (QED) is 0.646. The minimum atomic E-state index is -4.77. The number of carbonyl (C=O) groups is 1. The van der Waals surface area contributed by atoms with Crippen molar-refractivity contribution >= 4 is 22.6 Å². The highest BCUT2D eigenvalue weighted by molar-refractivity contribution is 5.94. The Balaban J connectivity index is 1.50. The fourth-order valence-corrected chi connectivity index (χ4v) is 3.61. The van der Waals surface area contributed by atoms with E-state index >= 15 is 0 Å². The lowest BCUT2D eigenvalue weighted by atomic mass is 10.0. The van der Waals surface area contributed by atoms with Gasteiger partial charge < -0.3 is 9.64 Å². The predicted octanol–water partition coefficient (Wildman–Crippen LogP) is 2.40. The monoisotopic (exact) mass is 421 g/mol. The lowest BCUT2D eigenvalue weighted by molar-refractivity contribution is -0.274. The maximum absolute atomic E-state index is 12.8. The van der Waals surface area contributed by atoms with Crippen molar-refractivity contribution in [3.8, 4) is 5.75 Å². The lowest BCUT2D eigenvalue weighted by Crippen LogP contribution is -2.36. The van der Waals surface area contributed by atoms with Crippen LogP contribution in [0.1, 0.15) is 18.4 Å². The number of nitrogens with zero attached hydrogens (tertiary/aromatic N) is 5. The van der Waals surface area contributed by atoms with Gasteiger partial charge in [-0.05, 0) is 36.6 Å². The van der Waals surface area contributed by atoms with Crippen LogP contribution in [-0.2, 0) is 24.8 Å². The maximum Gasteiger partial charge on any atom is 0.573 e. The number of carbonyl (C=O) groups excluding carboxylic acids is 1. The van der Waals surface area contributed by atoms with E-state index in [0.29, 0.717) is 41.7 Å². The van der Waals surface area contributed by atoms with Gasteiger partial charge in [-0.2, -0.15) is 5.10 Å². The van der Waals surface area contributed by atoms with E-state index in [-0.39, 0.29) is 30.2 Å². The summed E-state index contributed by atoms with van der Waals surface area (Å²) in [5, 5.41) is 4.37. The van der Waals surface area contributed by atoms with Gasteiger partial charge in [-0.25, -0.2) is 4.98 Å². The van der Waals surface area contributed by atoms with Gasteiger partial charge in [-0.1, -0.05) is 0 Å². The summed E-state index contributed by atoms with van der Waals surface area (Å²) in [7, 11) is 1.68. The molecule has 3 aromatic rings. The summed E-state index contributed by atoms with van der Waals surface area (Å²) in [5.41, 5.74) is 1.36. The fourth-order valence-electron chi connectivity index (χ4n) is 3.61. The van der Waals surface area contributed by atoms with Gasteiger partial charge in [0.15, 0.2) is 5.65 Å². The van der Waals surface area contributed by atoms with E-state index in [4.69, 9.17) is 0 Å². The second-order valence-corrected chi connectivity index (χ2v) is 6.99. The van der Waals surface area contributed by atoms with E-state index in [2.05, 4.69) is 14.8 Å². The van der Waals surface area contributed by atoms with Gasteiger partial charge in [0.2, 0.25) is 5.91 Å². The first kappa shape index (κ1) is 19.9. The Morgan fingerprint density at radius 2 is 2.10 bits per heavy atom. The number of anilines is 1. The fraction of sp³-hybridized carbons (Fsp3) is 0.368. The minimum absolute atomic E-state index is 0.0492. The van der Waals surface area contributed by atoms with E-state index in [9.17, 15) is 22.8 Å². The number of aryl methyl sites for hydroxylation is 3. The van der Waals surface area contributed by atoms with E-state index < -0.39 is 6.36 Å². The molecule has 0 saturated heterocycles. The van der Waals surface area contributed by atoms with Crippen molar-refractivity contribution in [1.82, 2.24) is 19.3 Å². The molecule has 0 aliphatic carbocycles. The van der Waals surface area contributed by atoms with E-state index in [1.807, 2.05) is 0 Å². The number of ether oxygens (including phenoxy) is 1. The molecule has 1 aliphatic heterocycles. The van der Waals surface area contributed by atoms with E-state index in [1.165, 1.54) is 44.9 Å². The zero-order valence-electron chi connectivity index (χ0n) is 16.0. The smallest absolute Gasteiger partial charge is 0.406 e. The molecule has 4 rings (SSSR count). The van der Waals surface area contributed by atoms with Crippen molar-refractivity contribution in [2.24, 2.45) is 7.05 Å². The third-order valence-electron chi connectivity index (χ3n) is 4.99. The van der Waals surface area contributed by atoms with Crippen LogP contribution in [-0.4, -0.2) is 38.1 Å². The summed E-state index contributed by atoms with van der Waals surface area (Å²) in [4.78, 5) is 31.0. The number of fused-ring (bicyclic) bond motifs is 2. The lowest BCUT2D eigenvalue weighted by Gasteiger charge is -2.30. The molecule has 8 nitrogen and oxygen atoms in total. The summed E-state index contributed by atoms with van der Waals surface area (Å²) in [6, 6.07) is 3.97. The number of benzene rings is 1. The molecule has 2 aromatic heterocycles. The van der Waals surface area contributed by atoms with E-state index in [0.717, 1.165) is 0 Å². The Bertz CT molecular complexity index is 1170. The standard InChI is InChI=1S/C19H18F3N5O3/c1-25-17-14(10-24-25)18(29)26(11-23-17)8-6-16(28)27-7-2-3-12-9-13(4-5-15(12)27)30-19(20,21)22/h4-5,9-11H,2-3,6-8H2,1H3. The average molecular weight is 421 g/mol. The Kier molecular flexibility index (Phi) is 4.96. The largest absolute Gasteiger partial charge is 0.573 e. The number of alkyl halides is 3. The van der Waals surface area contributed by atoms with Crippen LogP contribution in [0.25, 0.3) is 11.0 Å². The zero-order chi connectivity index (χ0) is 21.5. The van der Waals surface area contributed by atoms with Crippen LogP contribution in [0.2, 0.25) is 0 Å². The molecule has 0 spiro atoms. The molecule has 11 heteroatoms. The molecule has 1 amide bonds. The highest BCUT2D eigenvalue weighted by atomic mass is 19.4. The van der Waals surface area contributed by atoms with Crippen LogP contribution in [0.3, 0.4) is 0 Å². The molecule has 0 N–H and O–H groups in total. The summed E-state index contributed by atoms with van der Waals surface area (Å²) in [6.45, 7) is 0.594. The Hall–Kier alpha value is -3.37. The molecule has 0 radical (unpaired) electrons. The average Bonchev–Trinajstić information content (AvgIpc) is 3.07. The summed E-state index contributed by atoms with van der Waals surface area (Å²) < 4.78 is 44.2. The first-order valence-corrected chi connectivity index (χ1v) is 9.29. The van der Waals surface area contributed by atoms with Crippen LogP contribution in [0, 0.1) is 0 Å². The van der Waals surface area contributed by atoms with Gasteiger partial charge in [-0.3, -0.25) is 18.8 Å². The van der Waals surface area contributed by atoms with Gasteiger partial charge >= 0.3 is 6.36 Å². The van der Waals surface area contributed by atoms with Gasteiger partial charge in [0, 0.05) is 32.2 Å². The topological polar surface area (TPSA) is 82.2 Å². The van der Waals surface area contributed by atoms with E-state index in [1.54, 1.807) is 7.05 Å². The van der Waals surface area contributed by atoms with Gasteiger partial charge in [0.25, 0.3) is 5.56 Å². The van der Waals surface area contributed by atoms with Crippen LogP contribution in [0.5, 0.6) is 5.75 Å². The molecule has 0 bridgehead atoms. The molecule has 0 saturated carbocycles. The first-order valence-electron chi connectivity index (χ1n) is 9.29. The van der Waals surface area contributed by atoms with Gasteiger partial charge in [-0.15, -0.1) is 13.2 Å². The normalized spacial score (nSPS) is 14.1. The van der Waals surface area contributed by atoms with Crippen LogP contribution in [0.4, 0.5) is 18.9 Å². The van der Waals surface area contributed by atoms with Crippen molar-refractivity contribution in [1.29, 1.82) is 0 Å². The van der Waals surface area contributed by atoms with Crippen molar-refractivity contribution in [2.45, 2.75) is 32.2 Å². The van der Waals surface area contributed by atoms with Gasteiger partial charge in [0.05, 0.1) is 12.5 Å². The number of hydrogen-bond acceptors (Lipinski definition) is 5. The summed E-state index contributed by atoms with van der Waals surface area (Å²) >= 11 is 0. The predicted molar refractivity (Wildman–Crippen MR) is 101 cm³/mol. The molecule has 158 valence electrons. The Morgan fingerprint density at radius 3 is 2.87 bits per heavy atom. The SMILES string of the molecule is Cn1ncc2c(=O)n(CCC(=O)N3CCCc4cc(OC(F)(F)F)ccc43)cnc21. The number of hydrogen-bond donors (Lipinski definition) is 0. The molecule has 1 aliphatic rings. The van der Waals surface area contributed by atoms with Crippen molar-refractivity contribution < 1.29 is 22.7 Å². The molecule has 3 heterocycles. The van der Waals surface area contributed by atoms with Crippen molar-refractivity contribution in [3.05, 3.63) is 46.6 Å².